The van der Waals surface area contributed by atoms with Gasteiger partial charge in [-0.2, -0.15) is 0 Å². The van der Waals surface area contributed by atoms with E-state index in [0.717, 1.165) is 24.1 Å². The van der Waals surface area contributed by atoms with Crippen LogP contribution in [0, 0.1) is 0 Å². The van der Waals surface area contributed by atoms with Gasteiger partial charge in [-0.3, -0.25) is 0 Å². The molecule has 0 fully saturated rings. The number of nitrogens with zero attached hydrogens (tertiary/aromatic N) is 3. The Morgan fingerprint density at radius 3 is 3.09 bits per heavy atom. The van der Waals surface area contributed by atoms with Gasteiger partial charge in [-0.15, -0.1) is 5.10 Å². The van der Waals surface area contributed by atoms with E-state index in [1.165, 1.54) is 0 Å². The molecule has 62 valence electrons. The lowest BCUT2D eigenvalue weighted by Crippen LogP contribution is -2.11. The summed E-state index contributed by atoms with van der Waals surface area (Å²) < 4.78 is 2.77. The molecule has 0 radical (unpaired) electrons. The predicted octanol–water partition coefficient (Wildman–Crippen LogP) is 0.650. The number of hydrogen-bond donors (Lipinski definition) is 1. The van der Waals surface area contributed by atoms with Gasteiger partial charge in [0.05, 0.1) is 6.20 Å². The molecule has 1 aromatic rings. The average Bonchev–Trinajstić information content (AvgIpc) is 2.37. The van der Waals surface area contributed by atoms with E-state index in [1.54, 1.807) is 6.20 Å². The summed E-state index contributed by atoms with van der Waals surface area (Å²) in [6.07, 6.45) is 2.76. The number of hydrogen-bond acceptors (Lipinski definition) is 3. The molecular formula is C6H11BrN4. The van der Waals surface area contributed by atoms with Gasteiger partial charge in [-0.25, -0.2) is 4.68 Å². The number of aromatic nitrogens is 3. The molecule has 1 aromatic heterocycles. The summed E-state index contributed by atoms with van der Waals surface area (Å²) in [5.41, 5.74) is 0. The van der Waals surface area contributed by atoms with E-state index >= 15 is 0 Å². The van der Waals surface area contributed by atoms with Crippen LogP contribution in [0.4, 0.5) is 0 Å². The van der Waals surface area contributed by atoms with Crippen LogP contribution in [0.15, 0.2) is 10.8 Å². The smallest absolute Gasteiger partial charge is 0.124 e. The molecular weight excluding hydrogens is 208 g/mol. The minimum absolute atomic E-state index is 0.904. The van der Waals surface area contributed by atoms with E-state index in [9.17, 15) is 0 Å². The van der Waals surface area contributed by atoms with Crippen molar-refractivity contribution in [3.05, 3.63) is 10.8 Å². The maximum atomic E-state index is 3.88. The maximum Gasteiger partial charge on any atom is 0.124 e. The van der Waals surface area contributed by atoms with Gasteiger partial charge in [0.2, 0.25) is 0 Å². The summed E-state index contributed by atoms with van der Waals surface area (Å²) >= 11 is 3.34. The monoisotopic (exact) mass is 218 g/mol. The lowest BCUT2D eigenvalue weighted by molar-refractivity contribution is 0.538. The number of rotatable bonds is 4. The Labute approximate surface area is 74.1 Å². The summed E-state index contributed by atoms with van der Waals surface area (Å²) in [5, 5.41) is 10.7. The van der Waals surface area contributed by atoms with Crippen molar-refractivity contribution in [1.82, 2.24) is 20.3 Å². The molecule has 11 heavy (non-hydrogen) atoms. The summed E-state index contributed by atoms with van der Waals surface area (Å²) in [6.45, 7) is 1.91. The maximum absolute atomic E-state index is 3.88. The van der Waals surface area contributed by atoms with Crippen molar-refractivity contribution in [3.63, 3.8) is 0 Å². The van der Waals surface area contributed by atoms with E-state index in [0.29, 0.717) is 0 Å². The molecule has 0 aliphatic heterocycles. The van der Waals surface area contributed by atoms with Crippen LogP contribution in [0.2, 0.25) is 0 Å². The molecule has 1 rings (SSSR count). The normalized spacial score (nSPS) is 10.4. The van der Waals surface area contributed by atoms with Crippen molar-refractivity contribution in [1.29, 1.82) is 0 Å². The van der Waals surface area contributed by atoms with Crippen LogP contribution in [0.25, 0.3) is 0 Å². The molecule has 0 amide bonds. The summed E-state index contributed by atoms with van der Waals surface area (Å²) in [7, 11) is 1.94. The highest BCUT2D eigenvalue weighted by atomic mass is 79.9. The molecule has 0 aliphatic carbocycles. The Morgan fingerprint density at radius 1 is 1.73 bits per heavy atom. The highest BCUT2D eigenvalue weighted by molar-refractivity contribution is 9.10. The third kappa shape index (κ3) is 2.59. The SMILES string of the molecule is CNCCCn1nncc1Br. The van der Waals surface area contributed by atoms with E-state index in [2.05, 4.69) is 31.6 Å². The van der Waals surface area contributed by atoms with Crippen molar-refractivity contribution in [2.24, 2.45) is 0 Å². The van der Waals surface area contributed by atoms with E-state index in [4.69, 9.17) is 0 Å². The third-order valence-electron chi connectivity index (χ3n) is 1.37. The first-order valence-electron chi connectivity index (χ1n) is 3.53. The van der Waals surface area contributed by atoms with Gasteiger partial charge in [-0.1, -0.05) is 5.21 Å². The first-order valence-corrected chi connectivity index (χ1v) is 4.32. The van der Waals surface area contributed by atoms with E-state index in [-0.39, 0.29) is 0 Å². The fourth-order valence-corrected chi connectivity index (χ4v) is 1.14. The molecule has 0 bridgehead atoms. The zero-order valence-electron chi connectivity index (χ0n) is 6.42. The molecule has 1 N–H and O–H groups in total. The van der Waals surface area contributed by atoms with Gasteiger partial charge in [0.15, 0.2) is 0 Å². The molecule has 0 saturated carbocycles. The average molecular weight is 219 g/mol. The van der Waals surface area contributed by atoms with Crippen LogP contribution < -0.4 is 5.32 Å². The van der Waals surface area contributed by atoms with Crippen molar-refractivity contribution in [2.45, 2.75) is 13.0 Å². The van der Waals surface area contributed by atoms with Crippen LogP contribution in [0.3, 0.4) is 0 Å². The number of halogens is 1. The van der Waals surface area contributed by atoms with Gasteiger partial charge in [0, 0.05) is 6.54 Å². The topological polar surface area (TPSA) is 42.7 Å². The number of aryl methyl sites for hydroxylation is 1. The van der Waals surface area contributed by atoms with Crippen LogP contribution >= 0.6 is 15.9 Å². The first kappa shape index (κ1) is 8.67. The summed E-state index contributed by atoms with van der Waals surface area (Å²) in [6, 6.07) is 0. The van der Waals surface area contributed by atoms with Crippen LogP contribution in [0.5, 0.6) is 0 Å². The Hall–Kier alpha value is -0.420. The van der Waals surface area contributed by atoms with Crippen LogP contribution in [-0.4, -0.2) is 28.6 Å². The van der Waals surface area contributed by atoms with Crippen LogP contribution in [0.1, 0.15) is 6.42 Å². The minimum Gasteiger partial charge on any atom is -0.320 e. The Balaban J connectivity index is 2.32. The van der Waals surface area contributed by atoms with E-state index in [1.807, 2.05) is 11.7 Å². The van der Waals surface area contributed by atoms with Gasteiger partial charge < -0.3 is 5.32 Å². The van der Waals surface area contributed by atoms with Crippen molar-refractivity contribution in [3.8, 4) is 0 Å². The van der Waals surface area contributed by atoms with Crippen molar-refractivity contribution in [2.75, 3.05) is 13.6 Å². The molecule has 0 unspecified atom stereocenters. The zero-order chi connectivity index (χ0) is 8.10. The second kappa shape index (κ2) is 4.46. The quantitative estimate of drug-likeness (QED) is 0.756. The fourth-order valence-electron chi connectivity index (χ4n) is 0.802. The second-order valence-corrected chi connectivity index (χ2v) is 3.05. The minimum atomic E-state index is 0.904. The first-order chi connectivity index (χ1) is 5.34. The van der Waals surface area contributed by atoms with Crippen molar-refractivity contribution < 1.29 is 0 Å². The molecule has 0 aliphatic rings. The largest absolute Gasteiger partial charge is 0.320 e. The lowest BCUT2D eigenvalue weighted by atomic mass is 10.4. The van der Waals surface area contributed by atoms with Gasteiger partial charge in [-0.05, 0) is 35.9 Å². The zero-order valence-corrected chi connectivity index (χ0v) is 8.00. The predicted molar refractivity (Wildman–Crippen MR) is 46.3 cm³/mol. The molecule has 0 aromatic carbocycles. The second-order valence-electron chi connectivity index (χ2n) is 2.24. The Morgan fingerprint density at radius 2 is 2.55 bits per heavy atom. The molecule has 5 heteroatoms. The van der Waals surface area contributed by atoms with Gasteiger partial charge >= 0.3 is 0 Å². The third-order valence-corrected chi connectivity index (χ3v) is 1.98. The van der Waals surface area contributed by atoms with Crippen molar-refractivity contribution >= 4 is 15.9 Å². The molecule has 1 heterocycles. The standard InChI is InChI=1S/C6H11BrN4/c1-8-3-2-4-11-6(7)5-9-10-11/h5,8H,2-4H2,1H3. The Kier molecular flexibility index (Phi) is 3.51. The van der Waals surface area contributed by atoms with Gasteiger partial charge in [0.1, 0.15) is 4.60 Å². The Bertz CT molecular complexity index is 210. The molecule has 4 nitrogen and oxygen atoms in total. The molecule has 0 spiro atoms. The van der Waals surface area contributed by atoms with Crippen LogP contribution in [-0.2, 0) is 6.54 Å². The number of nitrogens with one attached hydrogen (secondary N) is 1. The van der Waals surface area contributed by atoms with E-state index < -0.39 is 0 Å². The highest BCUT2D eigenvalue weighted by Crippen LogP contribution is 2.05. The highest BCUT2D eigenvalue weighted by Gasteiger charge is 1.97. The summed E-state index contributed by atoms with van der Waals surface area (Å²) in [5.74, 6) is 0. The molecule has 0 atom stereocenters. The lowest BCUT2D eigenvalue weighted by Gasteiger charge is -2.00. The molecule has 0 saturated heterocycles. The van der Waals surface area contributed by atoms with Gasteiger partial charge in [0.25, 0.3) is 0 Å². The fraction of sp³-hybridized carbons (Fsp3) is 0.667. The summed E-state index contributed by atoms with van der Waals surface area (Å²) in [4.78, 5) is 0.